The maximum atomic E-state index is 9.51. The van der Waals surface area contributed by atoms with Crippen LogP contribution in [-0.2, 0) is 9.13 Å². The third-order valence-corrected chi connectivity index (χ3v) is 0. The van der Waals surface area contributed by atoms with Crippen LogP contribution in [0.4, 0.5) is 0 Å². The highest BCUT2D eigenvalue weighted by molar-refractivity contribution is 8.25. The van der Waals surface area contributed by atoms with Gasteiger partial charge in [-0.15, -0.1) is 0 Å². The fraction of sp³-hybridized carbons (Fsp3) is 0. The highest BCUT2D eigenvalue weighted by Gasteiger charge is 2.03. The van der Waals surface area contributed by atoms with Crippen LogP contribution in [0.2, 0.25) is 0 Å². The van der Waals surface area contributed by atoms with Crippen LogP contribution in [0.5, 0.6) is 0 Å². The topological polar surface area (TPSA) is 65.6 Å². The minimum atomic E-state index is -3.22. The Balaban J connectivity index is -0.000000107. The number of hydrogen-bond acceptors (Lipinski definition) is 2. The first kappa shape index (κ1) is 18.9. The van der Waals surface area contributed by atoms with Crippen LogP contribution in [0.15, 0.2) is 0 Å². The smallest absolute Gasteiger partial charge is 0.339 e. The summed E-state index contributed by atoms with van der Waals surface area (Å²) in [6.07, 6.45) is 0. The molecule has 0 aromatic carbocycles. The Morgan fingerprint density at radius 3 is 0.636 bits per heavy atom. The molecular formula is H2Cl6O3P2. The van der Waals surface area contributed by atoms with Crippen LogP contribution in [-0.4, -0.2) is 5.48 Å². The molecule has 11 heteroatoms. The van der Waals surface area contributed by atoms with Crippen LogP contribution < -0.4 is 0 Å². The molecule has 0 fully saturated rings. The van der Waals surface area contributed by atoms with Gasteiger partial charge in [0.15, 0.2) is 0 Å². The summed E-state index contributed by atoms with van der Waals surface area (Å²) in [5, 5.41) is -6.44. The summed E-state index contributed by atoms with van der Waals surface area (Å²) >= 11 is 27.7. The van der Waals surface area contributed by atoms with Gasteiger partial charge in [-0.25, -0.2) is 0 Å². The zero-order chi connectivity index (χ0) is 9.00. The van der Waals surface area contributed by atoms with Crippen molar-refractivity contribution in [1.82, 2.24) is 0 Å². The molecule has 0 heterocycles. The lowest BCUT2D eigenvalue weighted by Crippen LogP contribution is -1.19. The molecular weight excluding hydrogens is 323 g/mol. The van der Waals surface area contributed by atoms with Gasteiger partial charge in [0.25, 0.3) is 0 Å². The molecule has 11 heavy (non-hydrogen) atoms. The molecule has 0 aliphatic rings. The summed E-state index contributed by atoms with van der Waals surface area (Å²) in [7, 11) is 0. The van der Waals surface area contributed by atoms with Gasteiger partial charge < -0.3 is 5.48 Å². The van der Waals surface area contributed by atoms with Gasteiger partial charge in [-0.1, -0.05) is 0 Å². The third-order valence-electron chi connectivity index (χ3n) is 0. The van der Waals surface area contributed by atoms with Crippen LogP contribution in [0.1, 0.15) is 0 Å². The van der Waals surface area contributed by atoms with Crippen molar-refractivity contribution in [2.75, 3.05) is 0 Å². The lowest BCUT2D eigenvalue weighted by molar-refractivity contribution is 0.599. The quantitative estimate of drug-likeness (QED) is 0.601. The Labute approximate surface area is 92.0 Å². The summed E-state index contributed by atoms with van der Waals surface area (Å²) < 4.78 is 19.0. The van der Waals surface area contributed by atoms with Crippen molar-refractivity contribution in [3.63, 3.8) is 0 Å². The SMILES string of the molecule is O.O=P(Cl)(Cl)Cl.O=P(Cl)(Cl)Cl. The van der Waals surface area contributed by atoms with Crippen molar-refractivity contribution in [3.8, 4) is 0 Å². The molecule has 0 aliphatic carbocycles. The molecule has 0 aromatic heterocycles. The van der Waals surface area contributed by atoms with E-state index in [4.69, 9.17) is 0 Å². The molecule has 0 aliphatic heterocycles. The van der Waals surface area contributed by atoms with E-state index in [0.717, 1.165) is 0 Å². The largest absolute Gasteiger partial charge is 0.412 e. The first-order valence-electron chi connectivity index (χ1n) is 1.38. The van der Waals surface area contributed by atoms with E-state index < -0.39 is 10.4 Å². The molecule has 3 nitrogen and oxygen atoms in total. The van der Waals surface area contributed by atoms with E-state index in [1.54, 1.807) is 0 Å². The Hall–Kier alpha value is 2.16. The lowest BCUT2D eigenvalue weighted by Gasteiger charge is -1.74. The molecule has 2 N–H and O–H groups in total. The molecule has 0 saturated heterocycles. The summed E-state index contributed by atoms with van der Waals surface area (Å²) in [5.74, 6) is 0. The molecule has 0 atom stereocenters. The Bertz CT molecular complexity index is 128. The molecule has 0 amide bonds. The van der Waals surface area contributed by atoms with Gasteiger partial charge in [-0.2, -0.15) is 0 Å². The van der Waals surface area contributed by atoms with Crippen molar-refractivity contribution in [1.29, 1.82) is 0 Å². The molecule has 0 aromatic rings. The van der Waals surface area contributed by atoms with Crippen molar-refractivity contribution in [2.24, 2.45) is 0 Å². The highest BCUT2D eigenvalue weighted by atomic mass is 36.1. The van der Waals surface area contributed by atoms with Gasteiger partial charge in [0.1, 0.15) is 0 Å². The first-order valence-corrected chi connectivity index (χ1v) is 10.2. The summed E-state index contributed by atoms with van der Waals surface area (Å²) in [6.45, 7) is 0. The number of halogens is 6. The number of rotatable bonds is 0. The second kappa shape index (κ2) is 7.55. The second-order valence-corrected chi connectivity index (χ2v) is 14.1. The lowest BCUT2D eigenvalue weighted by atomic mass is 16.0. The zero-order valence-corrected chi connectivity index (χ0v) is 10.8. The molecule has 0 radical (unpaired) electrons. The molecule has 72 valence electrons. The predicted molar refractivity (Wildman–Crippen MR) is 53.9 cm³/mol. The monoisotopic (exact) mass is 322 g/mol. The Morgan fingerprint density at radius 2 is 0.636 bits per heavy atom. The fourth-order valence-electron chi connectivity index (χ4n) is 0. The second-order valence-electron chi connectivity index (χ2n) is 0.797. The van der Waals surface area contributed by atoms with Crippen LogP contribution >= 0.6 is 77.8 Å². The average Bonchev–Trinajstić information content (AvgIpc) is 1.12. The third kappa shape index (κ3) is 269. The molecule has 0 rings (SSSR count). The van der Waals surface area contributed by atoms with Crippen LogP contribution in [0.25, 0.3) is 0 Å². The van der Waals surface area contributed by atoms with Gasteiger partial charge in [0.2, 0.25) is 0 Å². The van der Waals surface area contributed by atoms with Crippen molar-refractivity contribution >= 4 is 77.8 Å². The Kier molecular flexibility index (Phi) is 12.9. The summed E-state index contributed by atoms with van der Waals surface area (Å²) in [4.78, 5) is 0. The van der Waals surface area contributed by atoms with Gasteiger partial charge in [0.05, 0.1) is 0 Å². The van der Waals surface area contributed by atoms with Crippen molar-refractivity contribution < 1.29 is 14.6 Å². The van der Waals surface area contributed by atoms with E-state index in [1.165, 1.54) is 0 Å². The Morgan fingerprint density at radius 1 is 0.636 bits per heavy atom. The normalized spacial score (nSPS) is 10.7. The van der Waals surface area contributed by atoms with Crippen molar-refractivity contribution in [3.05, 3.63) is 0 Å². The van der Waals surface area contributed by atoms with E-state index in [9.17, 15) is 9.13 Å². The minimum Gasteiger partial charge on any atom is -0.412 e. The molecule has 0 saturated carbocycles. The minimum absolute atomic E-state index is 0. The van der Waals surface area contributed by atoms with E-state index >= 15 is 0 Å². The maximum Gasteiger partial charge on any atom is 0.339 e. The predicted octanol–water partition coefficient (Wildman–Crippen LogP) is 4.80. The average molecular weight is 325 g/mol. The van der Waals surface area contributed by atoms with Gasteiger partial charge in [-0.05, 0) is 67.4 Å². The van der Waals surface area contributed by atoms with Gasteiger partial charge in [0, 0.05) is 0 Å². The van der Waals surface area contributed by atoms with E-state index in [-0.39, 0.29) is 5.48 Å². The van der Waals surface area contributed by atoms with E-state index in [0.29, 0.717) is 0 Å². The van der Waals surface area contributed by atoms with Crippen molar-refractivity contribution in [2.45, 2.75) is 0 Å². The van der Waals surface area contributed by atoms with E-state index in [2.05, 4.69) is 67.4 Å². The maximum absolute atomic E-state index is 9.51. The van der Waals surface area contributed by atoms with Crippen LogP contribution in [0.3, 0.4) is 0 Å². The first-order chi connectivity index (χ1) is 4.00. The zero-order valence-electron chi connectivity index (χ0n) is 4.48. The summed E-state index contributed by atoms with van der Waals surface area (Å²) in [6, 6.07) is 0. The summed E-state index contributed by atoms with van der Waals surface area (Å²) in [5.41, 5.74) is 0. The van der Waals surface area contributed by atoms with Gasteiger partial charge in [-0.3, -0.25) is 9.13 Å². The standard InChI is InChI=1S/2Cl3OP.H2O/c2*1-5(2,3)4;/h;;1H2. The molecule has 0 bridgehead atoms. The number of hydrogen-bond donors (Lipinski definition) is 0. The van der Waals surface area contributed by atoms with E-state index in [1.807, 2.05) is 0 Å². The van der Waals surface area contributed by atoms with Gasteiger partial charge >= 0.3 is 10.4 Å². The molecule has 0 unspecified atom stereocenters. The molecule has 0 spiro atoms. The fourth-order valence-corrected chi connectivity index (χ4v) is 0. The highest BCUT2D eigenvalue weighted by Crippen LogP contribution is 2.61. The van der Waals surface area contributed by atoms with Crippen LogP contribution in [0, 0.1) is 0 Å².